The van der Waals surface area contributed by atoms with E-state index in [4.69, 9.17) is 4.74 Å². The van der Waals surface area contributed by atoms with Crippen molar-refractivity contribution in [3.05, 3.63) is 0 Å². The van der Waals surface area contributed by atoms with Gasteiger partial charge in [-0.1, -0.05) is 13.8 Å². The molecule has 3 nitrogen and oxygen atoms in total. The first-order valence-electron chi connectivity index (χ1n) is 6.04. The van der Waals surface area contributed by atoms with Gasteiger partial charge < -0.3 is 4.74 Å². The zero-order valence-electron chi connectivity index (χ0n) is 9.32. The van der Waals surface area contributed by atoms with E-state index in [2.05, 4.69) is 18.7 Å². The van der Waals surface area contributed by atoms with Crippen LogP contribution in [0, 0.1) is 17.3 Å². The Kier molecular flexibility index (Phi) is 1.15. The highest BCUT2D eigenvalue weighted by Crippen LogP contribution is 2.73. The van der Waals surface area contributed by atoms with Crippen molar-refractivity contribution in [3.8, 4) is 0 Å². The first-order chi connectivity index (χ1) is 7.08. The van der Waals surface area contributed by atoms with Crippen LogP contribution in [0.2, 0.25) is 0 Å². The van der Waals surface area contributed by atoms with E-state index in [1.54, 1.807) is 0 Å². The van der Waals surface area contributed by atoms with Gasteiger partial charge in [0.05, 0.1) is 18.2 Å². The standard InChI is InChI=1S/C12H17NO2/c1-11(2)7-5-8(11)12-3-4-15-10(14)13(12)9(12)6-7/h7-9H,3-6H2,1-2H3/t7-,8-,9+,12-,13?/m1/s1. The highest BCUT2D eigenvalue weighted by Gasteiger charge is 2.80. The summed E-state index contributed by atoms with van der Waals surface area (Å²) in [4.78, 5) is 13.7. The molecule has 4 atom stereocenters. The highest BCUT2D eigenvalue weighted by molar-refractivity contribution is 5.75. The second-order valence-corrected chi connectivity index (χ2v) is 6.28. The average Bonchev–Trinajstić information content (AvgIpc) is 2.87. The average molecular weight is 207 g/mol. The van der Waals surface area contributed by atoms with Crippen molar-refractivity contribution in [1.29, 1.82) is 0 Å². The van der Waals surface area contributed by atoms with Gasteiger partial charge in [-0.3, -0.25) is 4.90 Å². The zero-order valence-corrected chi connectivity index (χ0v) is 9.32. The smallest absolute Gasteiger partial charge is 0.410 e. The van der Waals surface area contributed by atoms with Gasteiger partial charge in [-0.15, -0.1) is 0 Å². The van der Waals surface area contributed by atoms with Gasteiger partial charge in [0.2, 0.25) is 0 Å². The van der Waals surface area contributed by atoms with Gasteiger partial charge in [-0.05, 0) is 30.1 Å². The fraction of sp³-hybridized carbons (Fsp3) is 0.917. The topological polar surface area (TPSA) is 29.3 Å². The molecule has 2 saturated heterocycles. The van der Waals surface area contributed by atoms with E-state index >= 15 is 0 Å². The molecule has 5 rings (SSSR count). The van der Waals surface area contributed by atoms with E-state index in [9.17, 15) is 4.79 Å². The van der Waals surface area contributed by atoms with E-state index in [0.717, 1.165) is 18.3 Å². The van der Waals surface area contributed by atoms with E-state index in [-0.39, 0.29) is 11.6 Å². The number of hydrogen-bond acceptors (Lipinski definition) is 2. The van der Waals surface area contributed by atoms with Crippen molar-refractivity contribution in [2.24, 2.45) is 17.3 Å². The monoisotopic (exact) mass is 207 g/mol. The molecule has 2 heterocycles. The van der Waals surface area contributed by atoms with Crippen LogP contribution >= 0.6 is 0 Å². The summed E-state index contributed by atoms with van der Waals surface area (Å²) in [6.07, 6.45) is 3.59. The Labute approximate surface area is 89.8 Å². The lowest BCUT2D eigenvalue weighted by Gasteiger charge is -2.59. The molecule has 0 radical (unpaired) electrons. The minimum absolute atomic E-state index is 0.0467. The van der Waals surface area contributed by atoms with Crippen LogP contribution in [-0.4, -0.2) is 29.2 Å². The minimum Gasteiger partial charge on any atom is -0.449 e. The van der Waals surface area contributed by atoms with Crippen LogP contribution in [-0.2, 0) is 4.74 Å². The van der Waals surface area contributed by atoms with Crippen LogP contribution in [0.15, 0.2) is 0 Å². The summed E-state index contributed by atoms with van der Waals surface area (Å²) in [6, 6.07) is 0.532. The normalized spacial score (nSPS) is 53.6. The predicted octanol–water partition coefficient (Wildman–Crippen LogP) is 2.02. The molecule has 15 heavy (non-hydrogen) atoms. The number of carbonyl (C=O) groups excluding carboxylic acids is 1. The fourth-order valence-electron chi connectivity index (χ4n) is 4.78. The molecular weight excluding hydrogens is 190 g/mol. The molecule has 3 heteroatoms. The molecule has 5 fully saturated rings. The molecule has 0 aromatic carbocycles. The number of nitrogens with zero attached hydrogens (tertiary/aromatic N) is 1. The van der Waals surface area contributed by atoms with Gasteiger partial charge in [0, 0.05) is 6.42 Å². The van der Waals surface area contributed by atoms with Gasteiger partial charge in [-0.2, -0.15) is 0 Å². The molecule has 2 bridgehead atoms. The summed E-state index contributed by atoms with van der Waals surface area (Å²) in [5.41, 5.74) is 0.691. The van der Waals surface area contributed by atoms with Gasteiger partial charge in [-0.25, -0.2) is 4.79 Å². The fourth-order valence-corrected chi connectivity index (χ4v) is 4.78. The van der Waals surface area contributed by atoms with Gasteiger partial charge in [0.15, 0.2) is 0 Å². The van der Waals surface area contributed by atoms with Crippen molar-refractivity contribution in [2.45, 2.75) is 44.7 Å². The zero-order chi connectivity index (χ0) is 10.4. The molecule has 0 unspecified atom stereocenters. The Bertz CT molecular complexity index is 365. The first kappa shape index (κ1) is 8.43. The van der Waals surface area contributed by atoms with Crippen LogP contribution < -0.4 is 0 Å². The quantitative estimate of drug-likeness (QED) is 0.569. The number of rotatable bonds is 0. The number of hydrogen-bond donors (Lipinski definition) is 0. The van der Waals surface area contributed by atoms with Crippen LogP contribution in [0.4, 0.5) is 4.79 Å². The molecule has 2 aliphatic heterocycles. The molecule has 3 aliphatic carbocycles. The van der Waals surface area contributed by atoms with E-state index in [0.29, 0.717) is 18.1 Å². The molecule has 82 valence electrons. The summed E-state index contributed by atoms with van der Waals surface area (Å²) >= 11 is 0. The molecule has 0 aromatic heterocycles. The third-order valence-electron chi connectivity index (χ3n) is 5.78. The number of carbonyl (C=O) groups is 1. The van der Waals surface area contributed by atoms with Crippen LogP contribution in [0.5, 0.6) is 0 Å². The van der Waals surface area contributed by atoms with Crippen LogP contribution in [0.25, 0.3) is 0 Å². The van der Waals surface area contributed by atoms with Crippen molar-refractivity contribution in [3.63, 3.8) is 0 Å². The summed E-state index contributed by atoms with van der Waals surface area (Å²) in [5, 5.41) is 0. The number of ether oxygens (including phenoxy) is 1. The van der Waals surface area contributed by atoms with E-state index in [1.807, 2.05) is 0 Å². The Morgan fingerprint density at radius 3 is 2.93 bits per heavy atom. The second-order valence-electron chi connectivity index (χ2n) is 6.28. The number of amides is 1. The maximum atomic E-state index is 11.7. The molecular formula is C12H17NO2. The largest absolute Gasteiger partial charge is 0.449 e. The van der Waals surface area contributed by atoms with E-state index < -0.39 is 0 Å². The molecule has 1 amide bonds. The Morgan fingerprint density at radius 1 is 1.40 bits per heavy atom. The highest BCUT2D eigenvalue weighted by atomic mass is 16.6. The van der Waals surface area contributed by atoms with Gasteiger partial charge >= 0.3 is 6.09 Å². The lowest BCUT2D eigenvalue weighted by Crippen LogP contribution is -2.58. The molecule has 5 aliphatic rings. The van der Waals surface area contributed by atoms with E-state index in [1.165, 1.54) is 12.8 Å². The molecule has 3 saturated carbocycles. The van der Waals surface area contributed by atoms with Crippen LogP contribution in [0.3, 0.4) is 0 Å². The molecule has 0 aromatic rings. The molecule has 1 spiro atoms. The first-order valence-corrected chi connectivity index (χ1v) is 6.04. The van der Waals surface area contributed by atoms with Crippen molar-refractivity contribution in [1.82, 2.24) is 4.90 Å². The Morgan fingerprint density at radius 2 is 2.20 bits per heavy atom. The Balaban J connectivity index is 1.77. The van der Waals surface area contributed by atoms with Crippen molar-refractivity contribution in [2.75, 3.05) is 6.61 Å². The Hall–Kier alpha value is -0.730. The van der Waals surface area contributed by atoms with Crippen molar-refractivity contribution >= 4 is 6.09 Å². The summed E-state index contributed by atoms with van der Waals surface area (Å²) in [6.45, 7) is 5.41. The maximum absolute atomic E-state index is 11.7. The third-order valence-corrected chi connectivity index (χ3v) is 5.78. The summed E-state index contributed by atoms with van der Waals surface area (Å²) in [7, 11) is 0. The second kappa shape index (κ2) is 2.04. The minimum atomic E-state index is -0.0467. The number of cyclic esters (lactones) is 1. The summed E-state index contributed by atoms with van der Waals surface area (Å²) < 4.78 is 5.14. The third kappa shape index (κ3) is 0.667. The lowest BCUT2D eigenvalue weighted by atomic mass is 9.45. The van der Waals surface area contributed by atoms with Crippen LogP contribution in [0.1, 0.15) is 33.1 Å². The van der Waals surface area contributed by atoms with Crippen molar-refractivity contribution < 1.29 is 9.53 Å². The summed E-state index contributed by atoms with van der Waals surface area (Å²) in [5.74, 6) is 1.58. The SMILES string of the molecule is CC1(C)[C@H]2C[C@@H]3N4C(=O)OCC[C@@]34[C@@H]1C2. The maximum Gasteiger partial charge on any atom is 0.410 e. The lowest BCUT2D eigenvalue weighted by molar-refractivity contribution is -0.0881. The van der Waals surface area contributed by atoms with Gasteiger partial charge in [0.25, 0.3) is 0 Å². The predicted molar refractivity (Wildman–Crippen MR) is 54.3 cm³/mol. The van der Waals surface area contributed by atoms with Gasteiger partial charge in [0.1, 0.15) is 0 Å². The molecule has 0 N–H and O–H groups in total.